The Morgan fingerprint density at radius 3 is 2.55 bits per heavy atom. The summed E-state index contributed by atoms with van der Waals surface area (Å²) in [5.74, 6) is 1.89. The molecule has 2 unspecified atom stereocenters. The van der Waals surface area contributed by atoms with E-state index in [0.29, 0.717) is 6.04 Å². The van der Waals surface area contributed by atoms with Crippen molar-refractivity contribution in [1.82, 2.24) is 20.4 Å². The fourth-order valence-electron chi connectivity index (χ4n) is 4.41. The molecule has 7 nitrogen and oxygen atoms in total. The summed E-state index contributed by atoms with van der Waals surface area (Å²) in [6.45, 7) is 10.2. The second-order valence-electron chi connectivity index (χ2n) is 8.05. The summed E-state index contributed by atoms with van der Waals surface area (Å²) in [7, 11) is 0. The van der Waals surface area contributed by atoms with Gasteiger partial charge in [-0.05, 0) is 56.4 Å². The zero-order valence-corrected chi connectivity index (χ0v) is 19.3. The number of hydrogen-bond donors (Lipinski definition) is 2. The molecule has 2 saturated heterocycles. The van der Waals surface area contributed by atoms with Crippen LogP contribution in [0.5, 0.6) is 0 Å². The van der Waals surface area contributed by atoms with Crippen LogP contribution in [-0.4, -0.2) is 74.8 Å². The first-order valence-electron chi connectivity index (χ1n) is 11.5. The number of furan rings is 1. The summed E-state index contributed by atoms with van der Waals surface area (Å²) >= 11 is 1.81. The molecule has 2 N–H and O–H groups in total. The van der Waals surface area contributed by atoms with E-state index in [2.05, 4.69) is 50.9 Å². The van der Waals surface area contributed by atoms with Gasteiger partial charge in [0.25, 0.3) is 0 Å². The van der Waals surface area contributed by atoms with Gasteiger partial charge in [-0.25, -0.2) is 0 Å². The van der Waals surface area contributed by atoms with Crippen molar-refractivity contribution in [3.63, 3.8) is 0 Å². The normalized spacial score (nSPS) is 20.6. The highest BCUT2D eigenvalue weighted by atomic mass is 32.1. The first-order valence-corrected chi connectivity index (χ1v) is 12.4. The molecular weight excluding hydrogens is 410 g/mol. The van der Waals surface area contributed by atoms with Crippen molar-refractivity contribution in [2.75, 3.05) is 59.0 Å². The lowest BCUT2D eigenvalue weighted by atomic mass is 10.2. The van der Waals surface area contributed by atoms with Crippen LogP contribution < -0.4 is 10.6 Å². The van der Waals surface area contributed by atoms with Crippen LogP contribution in [-0.2, 0) is 4.74 Å². The van der Waals surface area contributed by atoms with Crippen molar-refractivity contribution in [2.45, 2.75) is 31.8 Å². The fourth-order valence-corrected chi connectivity index (χ4v) is 5.26. The van der Waals surface area contributed by atoms with Crippen LogP contribution in [0.25, 0.3) is 0 Å². The molecule has 2 aromatic heterocycles. The van der Waals surface area contributed by atoms with E-state index >= 15 is 0 Å². The van der Waals surface area contributed by atoms with Crippen molar-refractivity contribution < 1.29 is 9.15 Å². The van der Waals surface area contributed by atoms with E-state index in [4.69, 9.17) is 14.1 Å². The third-order valence-corrected chi connectivity index (χ3v) is 7.01. The Balaban J connectivity index is 1.43. The van der Waals surface area contributed by atoms with Gasteiger partial charge in [0, 0.05) is 31.1 Å². The van der Waals surface area contributed by atoms with Crippen molar-refractivity contribution in [3.8, 4) is 0 Å². The molecule has 4 heterocycles. The highest BCUT2D eigenvalue weighted by Crippen LogP contribution is 2.27. The molecule has 0 radical (unpaired) electrons. The van der Waals surface area contributed by atoms with E-state index in [9.17, 15) is 0 Å². The van der Waals surface area contributed by atoms with E-state index in [1.165, 1.54) is 17.7 Å². The molecule has 4 rings (SSSR count). The third-order valence-electron chi connectivity index (χ3n) is 6.04. The molecule has 170 valence electrons. The molecule has 0 aliphatic carbocycles. The van der Waals surface area contributed by atoms with Crippen LogP contribution in [0, 0.1) is 0 Å². The van der Waals surface area contributed by atoms with Gasteiger partial charge in [-0.2, -0.15) is 0 Å². The maximum Gasteiger partial charge on any atom is 0.191 e. The number of likely N-dealkylation sites (tertiary alicyclic amines) is 1. The van der Waals surface area contributed by atoms with Gasteiger partial charge in [0.2, 0.25) is 0 Å². The number of guanidine groups is 1. The Morgan fingerprint density at radius 1 is 1.06 bits per heavy atom. The quantitative estimate of drug-likeness (QED) is 0.457. The van der Waals surface area contributed by atoms with Gasteiger partial charge in [-0.15, -0.1) is 11.3 Å². The van der Waals surface area contributed by atoms with Gasteiger partial charge in [-0.1, -0.05) is 6.07 Å². The number of nitrogens with one attached hydrogen (secondary N) is 2. The molecule has 31 heavy (non-hydrogen) atoms. The number of ether oxygens (including phenoxy) is 1. The monoisotopic (exact) mass is 445 g/mol. The van der Waals surface area contributed by atoms with Crippen LogP contribution in [0.15, 0.2) is 45.3 Å². The lowest BCUT2D eigenvalue weighted by Gasteiger charge is -2.33. The second-order valence-corrected chi connectivity index (χ2v) is 9.03. The minimum Gasteiger partial charge on any atom is -0.468 e. The Hall–Kier alpha value is -1.87. The Kier molecular flexibility index (Phi) is 8.40. The number of thiophene rings is 1. The average Bonchev–Trinajstić information content (AvgIpc) is 3.58. The molecule has 2 fully saturated rings. The third kappa shape index (κ3) is 6.10. The molecule has 0 saturated carbocycles. The van der Waals surface area contributed by atoms with Crippen molar-refractivity contribution in [2.24, 2.45) is 4.99 Å². The Bertz CT molecular complexity index is 768. The summed E-state index contributed by atoms with van der Waals surface area (Å²) in [6.07, 6.45) is 4.28. The zero-order valence-electron chi connectivity index (χ0n) is 18.5. The number of rotatable bonds is 9. The Labute approximate surface area is 189 Å². The summed E-state index contributed by atoms with van der Waals surface area (Å²) in [4.78, 5) is 11.4. The molecule has 2 aromatic rings. The molecule has 2 aliphatic rings. The highest BCUT2D eigenvalue weighted by Gasteiger charge is 2.26. The minimum absolute atomic E-state index is 0.230. The van der Waals surface area contributed by atoms with Crippen LogP contribution in [0.2, 0.25) is 0 Å². The average molecular weight is 446 g/mol. The lowest BCUT2D eigenvalue weighted by Crippen LogP contribution is -2.44. The SMILES string of the molecule is CCNC(=NCC(c1cccs1)N1CCOCC1)NCC(c1ccco1)N1CCCC1. The Morgan fingerprint density at radius 2 is 1.87 bits per heavy atom. The van der Waals surface area contributed by atoms with Crippen molar-refractivity contribution in [3.05, 3.63) is 46.5 Å². The van der Waals surface area contributed by atoms with Crippen LogP contribution in [0.1, 0.15) is 42.5 Å². The molecule has 8 heteroatoms. The van der Waals surface area contributed by atoms with Gasteiger partial charge in [0.1, 0.15) is 5.76 Å². The van der Waals surface area contributed by atoms with Gasteiger partial charge in [0.05, 0.1) is 38.1 Å². The van der Waals surface area contributed by atoms with Gasteiger partial charge < -0.3 is 19.8 Å². The fraction of sp³-hybridized carbons (Fsp3) is 0.609. The van der Waals surface area contributed by atoms with Gasteiger partial charge >= 0.3 is 0 Å². The molecule has 2 aliphatic heterocycles. The van der Waals surface area contributed by atoms with E-state index in [0.717, 1.165) is 70.7 Å². The maximum atomic E-state index is 5.77. The van der Waals surface area contributed by atoms with E-state index in [-0.39, 0.29) is 6.04 Å². The smallest absolute Gasteiger partial charge is 0.191 e. The number of nitrogens with zero attached hydrogens (tertiary/aromatic N) is 3. The largest absolute Gasteiger partial charge is 0.468 e. The summed E-state index contributed by atoms with van der Waals surface area (Å²) in [6, 6.07) is 8.93. The van der Waals surface area contributed by atoms with Gasteiger partial charge in [0.15, 0.2) is 5.96 Å². The molecule has 0 bridgehead atoms. The standard InChI is InChI=1S/C23H35N5O2S/c1-2-24-23(25-17-19(21-7-5-13-30-21)27-9-3-4-10-27)26-18-20(22-8-6-16-31-22)28-11-14-29-15-12-28/h5-8,13,16,19-20H,2-4,9-12,14-15,17-18H2,1H3,(H2,24,25,26). The van der Waals surface area contributed by atoms with Crippen LogP contribution in [0.4, 0.5) is 0 Å². The van der Waals surface area contributed by atoms with Gasteiger partial charge in [-0.3, -0.25) is 14.8 Å². The predicted molar refractivity (Wildman–Crippen MR) is 126 cm³/mol. The van der Waals surface area contributed by atoms with E-state index in [1.54, 1.807) is 6.26 Å². The summed E-state index contributed by atoms with van der Waals surface area (Å²) in [5, 5.41) is 9.17. The predicted octanol–water partition coefficient (Wildman–Crippen LogP) is 3.11. The van der Waals surface area contributed by atoms with Crippen molar-refractivity contribution in [1.29, 1.82) is 0 Å². The summed E-state index contributed by atoms with van der Waals surface area (Å²) < 4.78 is 11.3. The molecule has 2 atom stereocenters. The molecular formula is C23H35N5O2S. The maximum absolute atomic E-state index is 5.77. The minimum atomic E-state index is 0.230. The topological polar surface area (TPSA) is 65.3 Å². The highest BCUT2D eigenvalue weighted by molar-refractivity contribution is 7.10. The molecule has 0 amide bonds. The molecule has 0 aromatic carbocycles. The number of morpholine rings is 1. The first kappa shape index (κ1) is 22.3. The van der Waals surface area contributed by atoms with Crippen molar-refractivity contribution >= 4 is 17.3 Å². The first-order chi connectivity index (χ1) is 15.3. The second kappa shape index (κ2) is 11.7. The lowest BCUT2D eigenvalue weighted by molar-refractivity contribution is 0.0186. The summed E-state index contributed by atoms with van der Waals surface area (Å²) in [5.41, 5.74) is 0. The van der Waals surface area contributed by atoms with E-state index < -0.39 is 0 Å². The number of hydrogen-bond acceptors (Lipinski definition) is 6. The molecule has 0 spiro atoms. The number of aliphatic imine (C=N–C) groups is 1. The van der Waals surface area contributed by atoms with E-state index in [1.807, 2.05) is 17.4 Å². The van der Waals surface area contributed by atoms with Crippen LogP contribution >= 0.6 is 11.3 Å². The van der Waals surface area contributed by atoms with Crippen LogP contribution in [0.3, 0.4) is 0 Å². The zero-order chi connectivity index (χ0) is 21.3.